The number of thiocarbonyl (C=S) groups is 2. The molecule has 6 atom stereocenters. The van der Waals surface area contributed by atoms with E-state index in [-0.39, 0.29) is 53.9 Å². The van der Waals surface area contributed by atoms with Gasteiger partial charge in [-0.2, -0.15) is 60.1 Å². The number of hydrogen-bond acceptors (Lipinski definition) is 35. The first-order valence-electron chi connectivity index (χ1n) is 41.4. The number of rotatable bonds is 88. The van der Waals surface area contributed by atoms with Crippen molar-refractivity contribution in [2.75, 3.05) is 315 Å². The summed E-state index contributed by atoms with van der Waals surface area (Å²) in [4.78, 5) is 37.5. The monoisotopic (exact) mass is 1790 g/mol. The summed E-state index contributed by atoms with van der Waals surface area (Å²) in [6.45, 7) is 36.0. The first kappa shape index (κ1) is 121. The SMILES string of the molecule is CCCCC(CC)COCC(CS)OC(=S)NC(C)CCOCCOCCOCC(C)NC(=S)OC(CS)COCC(CC)CCCC.COCCOC(=O)CS.COCCOCCOCCOCCOCCOCCOCCOCCOCCOCCOCCCOCCCOCCCOCCCOCCCOC(=O)CS.O=C=O. The van der Waals surface area contributed by atoms with Crippen molar-refractivity contribution in [2.45, 2.75) is 156 Å². The molecule has 116 heavy (non-hydrogen) atoms. The summed E-state index contributed by atoms with van der Waals surface area (Å²) in [5.41, 5.74) is 0. The van der Waals surface area contributed by atoms with Gasteiger partial charge in [0.05, 0.1) is 209 Å². The van der Waals surface area contributed by atoms with Crippen molar-refractivity contribution in [3.8, 4) is 0 Å². The molecule has 2 N–H and O–H groups in total. The van der Waals surface area contributed by atoms with E-state index in [0.29, 0.717) is 304 Å². The Labute approximate surface area is 729 Å². The normalized spacial score (nSPS) is 12.7. The Hall–Kier alpha value is -1.74. The van der Waals surface area contributed by atoms with Gasteiger partial charge in [0.25, 0.3) is 10.3 Å². The van der Waals surface area contributed by atoms with Crippen LogP contribution in [0, 0.1) is 11.8 Å². The summed E-state index contributed by atoms with van der Waals surface area (Å²) in [6, 6.07) is 0.118. The maximum Gasteiger partial charge on any atom is 0.373 e. The van der Waals surface area contributed by atoms with E-state index in [1.807, 2.05) is 6.92 Å². The molecule has 0 heterocycles. The Bertz CT molecular complexity index is 1960. The smallest absolute Gasteiger partial charge is 0.373 e. The van der Waals surface area contributed by atoms with Gasteiger partial charge in [-0.3, -0.25) is 9.59 Å². The highest BCUT2D eigenvalue weighted by Gasteiger charge is 2.17. The number of methoxy groups -OCH3 is 2. The van der Waals surface area contributed by atoms with Crippen LogP contribution in [0.5, 0.6) is 0 Å². The lowest BCUT2D eigenvalue weighted by Gasteiger charge is -2.22. The minimum Gasteiger partial charge on any atom is -0.465 e. The molecule has 0 aromatic carbocycles. The fourth-order valence-corrected chi connectivity index (χ4v) is 10.2. The molecule has 0 aliphatic heterocycles. The fraction of sp³-hybridized carbons (Fsp3) is 0.937. The molecular formula is C79H156N2O29S6. The molecule has 0 fully saturated rings. The summed E-state index contributed by atoms with van der Waals surface area (Å²) in [6.07, 6.45) is 14.3. The molecular weight excluding hydrogens is 1630 g/mol. The van der Waals surface area contributed by atoms with E-state index in [4.69, 9.17) is 143 Å². The predicted molar refractivity (Wildman–Crippen MR) is 466 cm³/mol. The van der Waals surface area contributed by atoms with Crippen LogP contribution in [-0.2, 0) is 138 Å². The van der Waals surface area contributed by atoms with Gasteiger partial charge < -0.3 is 129 Å². The quantitative estimate of drug-likeness (QED) is 0.0143. The Morgan fingerprint density at radius 3 is 0.862 bits per heavy atom. The summed E-state index contributed by atoms with van der Waals surface area (Å²) < 4.78 is 137. The number of carbonyl (C=O) groups is 2. The van der Waals surface area contributed by atoms with E-state index < -0.39 is 0 Å². The standard InChI is InChI=1S/C38H76O17S.C35H70N2O7S4.C5H10O3S.CO2/c1-40-17-18-46-21-22-48-25-26-50-29-30-52-33-34-54-36-35-53-32-31-51-28-27-49-24-23-47-20-19-45-14-5-13-43-10-3-9-41-7-2-8-42-11-4-12-44-15-6-16-55-38(39)37-56;1-7-11-13-30(9-3)22-41-24-32(26-45)43-34(47)36-28(5)15-16-38-17-18-39-19-20-40-21-29(6)37-35(48)44-33(27-46)25-42-23-31(10-4)14-12-8-2;1-7-2-3-8-5(6)4-9;2-1-3/h56H,2-37H2,1H3;28-33,45-46H,7-27H2,1-6H3,(H,36,47)(H,37,48);9H,2-4H2,1H3;. The van der Waals surface area contributed by atoms with Crippen LogP contribution < -0.4 is 10.6 Å². The molecule has 0 amide bonds. The Morgan fingerprint density at radius 2 is 0.569 bits per heavy atom. The molecule has 0 aromatic rings. The van der Waals surface area contributed by atoms with Crippen LogP contribution in [0.25, 0.3) is 0 Å². The average Bonchev–Trinajstić information content (AvgIpc) is 0.952. The van der Waals surface area contributed by atoms with Crippen LogP contribution in [-0.4, -0.2) is 367 Å². The third-order valence-electron chi connectivity index (χ3n) is 15.5. The van der Waals surface area contributed by atoms with Crippen LogP contribution in [0.2, 0.25) is 0 Å². The molecule has 0 saturated heterocycles. The highest BCUT2D eigenvalue weighted by Crippen LogP contribution is 2.15. The second-order valence-electron chi connectivity index (χ2n) is 25.7. The van der Waals surface area contributed by atoms with Crippen molar-refractivity contribution >= 4 is 103 Å². The van der Waals surface area contributed by atoms with Gasteiger partial charge in [-0.05, 0) is 95.1 Å². The van der Waals surface area contributed by atoms with Crippen molar-refractivity contribution in [3.05, 3.63) is 0 Å². The van der Waals surface area contributed by atoms with Crippen molar-refractivity contribution in [1.29, 1.82) is 0 Å². The highest BCUT2D eigenvalue weighted by molar-refractivity contribution is 7.81. The molecule has 31 nitrogen and oxygen atoms in total. The van der Waals surface area contributed by atoms with E-state index in [0.717, 1.165) is 58.2 Å². The van der Waals surface area contributed by atoms with Gasteiger partial charge in [-0.1, -0.05) is 66.2 Å². The van der Waals surface area contributed by atoms with Gasteiger partial charge in [0.2, 0.25) is 0 Å². The summed E-state index contributed by atoms with van der Waals surface area (Å²) in [5.74, 6) is 1.88. The summed E-state index contributed by atoms with van der Waals surface area (Å²) >= 11 is 27.1. The zero-order valence-corrected chi connectivity index (χ0v) is 77.0. The molecule has 0 saturated carbocycles. The lowest BCUT2D eigenvalue weighted by molar-refractivity contribution is -0.191. The maximum absolute atomic E-state index is 10.9. The number of unbranched alkanes of at least 4 members (excludes halogenated alkanes) is 2. The van der Waals surface area contributed by atoms with Crippen LogP contribution in [0.15, 0.2) is 0 Å². The molecule has 0 aromatic heterocycles. The number of ether oxygens (including phenoxy) is 25. The zero-order valence-electron chi connectivity index (χ0n) is 71.8. The van der Waals surface area contributed by atoms with Crippen LogP contribution in [0.3, 0.4) is 0 Å². The largest absolute Gasteiger partial charge is 0.465 e. The molecule has 692 valence electrons. The minimum absolute atomic E-state index is 0.000655. The van der Waals surface area contributed by atoms with Crippen molar-refractivity contribution < 1.29 is 138 Å². The predicted octanol–water partition coefficient (Wildman–Crippen LogP) is 8.86. The van der Waals surface area contributed by atoms with Gasteiger partial charge in [-0.25, -0.2) is 0 Å². The van der Waals surface area contributed by atoms with Gasteiger partial charge in [-0.15, -0.1) is 0 Å². The third-order valence-corrected chi connectivity index (χ3v) is 17.2. The molecule has 6 unspecified atom stereocenters. The Kier molecular flexibility index (Phi) is 110. The minimum atomic E-state index is -0.310. The molecule has 0 radical (unpaired) electrons. The number of esters is 2. The van der Waals surface area contributed by atoms with Crippen LogP contribution in [0.1, 0.15) is 131 Å². The summed E-state index contributed by atoms with van der Waals surface area (Å²) in [5, 5.41) is 7.09. The second kappa shape index (κ2) is 106. The van der Waals surface area contributed by atoms with Crippen molar-refractivity contribution in [3.63, 3.8) is 0 Å². The zero-order chi connectivity index (χ0) is 86.0. The topological polar surface area (TPSA) is 323 Å². The van der Waals surface area contributed by atoms with Gasteiger partial charge >= 0.3 is 18.1 Å². The van der Waals surface area contributed by atoms with Gasteiger partial charge in [0.15, 0.2) is 0 Å². The van der Waals surface area contributed by atoms with E-state index in [9.17, 15) is 9.59 Å². The number of nitrogens with one attached hydrogen (secondary N) is 2. The third kappa shape index (κ3) is 103. The first-order valence-corrected chi connectivity index (χ1v) is 44.7. The fourth-order valence-electron chi connectivity index (χ4n) is 8.98. The van der Waals surface area contributed by atoms with Gasteiger partial charge in [0, 0.05) is 117 Å². The van der Waals surface area contributed by atoms with E-state index >= 15 is 0 Å². The molecule has 0 rings (SSSR count). The van der Waals surface area contributed by atoms with Crippen molar-refractivity contribution in [1.82, 2.24) is 10.6 Å². The lowest BCUT2D eigenvalue weighted by Crippen LogP contribution is -2.39. The summed E-state index contributed by atoms with van der Waals surface area (Å²) in [7, 11) is 3.19. The highest BCUT2D eigenvalue weighted by atomic mass is 32.1. The van der Waals surface area contributed by atoms with E-state index in [1.54, 1.807) is 14.2 Å². The molecule has 37 heteroatoms. The lowest BCUT2D eigenvalue weighted by atomic mass is 10.0. The molecule has 0 aliphatic carbocycles. The average molecular weight is 1790 g/mol. The molecule has 0 aliphatic rings. The number of hydrogen-bond donors (Lipinski definition) is 6. The van der Waals surface area contributed by atoms with Crippen molar-refractivity contribution in [2.24, 2.45) is 11.8 Å². The van der Waals surface area contributed by atoms with E-state index in [2.05, 4.69) is 105 Å². The second-order valence-corrected chi connectivity index (χ2v) is 27.8. The molecule has 0 bridgehead atoms. The maximum atomic E-state index is 10.9. The van der Waals surface area contributed by atoms with Crippen LogP contribution in [0.4, 0.5) is 0 Å². The van der Waals surface area contributed by atoms with Gasteiger partial charge in [0.1, 0.15) is 18.8 Å². The number of carbonyl (C=O) groups excluding carboxylic acids is 4. The number of thiol groups is 4. The van der Waals surface area contributed by atoms with Crippen LogP contribution >= 0.6 is 75.0 Å². The Morgan fingerprint density at radius 1 is 0.310 bits per heavy atom. The Balaban J connectivity index is -0.000000952. The molecule has 0 spiro atoms. The van der Waals surface area contributed by atoms with E-state index in [1.165, 1.54) is 38.5 Å². The first-order chi connectivity index (χ1) is 56.7.